The summed E-state index contributed by atoms with van der Waals surface area (Å²) in [6.45, 7) is 6.17. The first-order valence-electron chi connectivity index (χ1n) is 6.43. The summed E-state index contributed by atoms with van der Waals surface area (Å²) in [5, 5.41) is 4.95. The normalized spacial score (nSPS) is 11.8. The standard InChI is InChI=1S/C13H18Cl2N2O3S/c1-4-7-17(8(2)3)13(18)11-9(14)5-6-10(12(11)15)21(16,19)20/h5-6,8H,4,7H2,1-3H3,(H2,16,19,20). The predicted molar refractivity (Wildman–Crippen MR) is 84.3 cm³/mol. The number of amides is 1. The highest BCUT2D eigenvalue weighted by Crippen LogP contribution is 2.32. The molecule has 0 radical (unpaired) electrons. The SMILES string of the molecule is CCCN(C(=O)c1c(Cl)ccc(S(N)(=O)=O)c1Cl)C(C)C. The molecule has 0 aliphatic carbocycles. The number of nitrogens with zero attached hydrogens (tertiary/aromatic N) is 1. The van der Waals surface area contributed by atoms with E-state index in [1.807, 2.05) is 20.8 Å². The Morgan fingerprint density at radius 3 is 2.33 bits per heavy atom. The van der Waals surface area contributed by atoms with Gasteiger partial charge < -0.3 is 4.90 Å². The number of carbonyl (C=O) groups excluding carboxylic acids is 1. The second kappa shape index (κ2) is 6.96. The van der Waals surface area contributed by atoms with Gasteiger partial charge in [-0.2, -0.15) is 0 Å². The Balaban J connectivity index is 3.45. The molecule has 0 spiro atoms. The van der Waals surface area contributed by atoms with Crippen LogP contribution in [0.3, 0.4) is 0 Å². The quantitative estimate of drug-likeness (QED) is 0.884. The van der Waals surface area contributed by atoms with Gasteiger partial charge in [0, 0.05) is 12.6 Å². The Kier molecular flexibility index (Phi) is 6.04. The van der Waals surface area contributed by atoms with Gasteiger partial charge in [0.2, 0.25) is 10.0 Å². The lowest BCUT2D eigenvalue weighted by molar-refractivity contribution is 0.0706. The molecule has 0 bridgehead atoms. The lowest BCUT2D eigenvalue weighted by Gasteiger charge is -2.27. The molecule has 21 heavy (non-hydrogen) atoms. The van der Waals surface area contributed by atoms with Crippen LogP contribution in [-0.4, -0.2) is 31.8 Å². The number of primary sulfonamides is 1. The average Bonchev–Trinajstić information content (AvgIpc) is 2.33. The second-order valence-electron chi connectivity index (χ2n) is 4.87. The van der Waals surface area contributed by atoms with Crippen molar-refractivity contribution in [3.63, 3.8) is 0 Å². The molecule has 0 saturated carbocycles. The Bertz CT molecular complexity index is 645. The summed E-state index contributed by atoms with van der Waals surface area (Å²) in [5.74, 6) is -0.410. The van der Waals surface area contributed by atoms with E-state index in [0.29, 0.717) is 6.54 Å². The third kappa shape index (κ3) is 4.10. The Morgan fingerprint density at radius 2 is 1.90 bits per heavy atom. The van der Waals surface area contributed by atoms with Crippen molar-refractivity contribution in [3.05, 3.63) is 27.7 Å². The van der Waals surface area contributed by atoms with Gasteiger partial charge in [0.25, 0.3) is 5.91 Å². The van der Waals surface area contributed by atoms with Crippen LogP contribution < -0.4 is 5.14 Å². The third-order valence-corrected chi connectivity index (χ3v) is 4.70. The molecule has 0 fully saturated rings. The second-order valence-corrected chi connectivity index (χ2v) is 7.19. The van der Waals surface area contributed by atoms with E-state index in [1.165, 1.54) is 12.1 Å². The molecule has 0 unspecified atom stereocenters. The zero-order valence-electron chi connectivity index (χ0n) is 12.1. The molecule has 5 nitrogen and oxygen atoms in total. The van der Waals surface area contributed by atoms with Gasteiger partial charge in [-0.1, -0.05) is 30.1 Å². The molecule has 2 N–H and O–H groups in total. The van der Waals surface area contributed by atoms with E-state index in [0.717, 1.165) is 6.42 Å². The zero-order chi connectivity index (χ0) is 16.4. The fourth-order valence-electron chi connectivity index (χ4n) is 1.93. The maximum absolute atomic E-state index is 12.6. The van der Waals surface area contributed by atoms with Crippen LogP contribution in [0.2, 0.25) is 10.0 Å². The van der Waals surface area contributed by atoms with Crippen LogP contribution in [0.15, 0.2) is 17.0 Å². The van der Waals surface area contributed by atoms with Crippen LogP contribution in [0.25, 0.3) is 0 Å². The van der Waals surface area contributed by atoms with E-state index in [9.17, 15) is 13.2 Å². The molecule has 8 heteroatoms. The molecule has 1 amide bonds. The van der Waals surface area contributed by atoms with Gasteiger partial charge in [-0.25, -0.2) is 13.6 Å². The van der Waals surface area contributed by atoms with Gasteiger partial charge in [-0.15, -0.1) is 0 Å². The van der Waals surface area contributed by atoms with Crippen LogP contribution >= 0.6 is 23.2 Å². The van der Waals surface area contributed by atoms with E-state index < -0.39 is 15.9 Å². The Hall–Kier alpha value is -0.820. The topological polar surface area (TPSA) is 80.5 Å². The van der Waals surface area contributed by atoms with Gasteiger partial charge in [-0.05, 0) is 32.4 Å². The Morgan fingerprint density at radius 1 is 1.33 bits per heavy atom. The van der Waals surface area contributed by atoms with Crippen molar-refractivity contribution >= 4 is 39.1 Å². The fourth-order valence-corrected chi connectivity index (χ4v) is 3.39. The van der Waals surface area contributed by atoms with Gasteiger partial charge >= 0.3 is 0 Å². The number of carbonyl (C=O) groups is 1. The summed E-state index contributed by atoms with van der Waals surface area (Å²) in [7, 11) is -4.03. The average molecular weight is 353 g/mol. The number of rotatable bonds is 5. The molecule has 0 aliphatic rings. The number of benzene rings is 1. The molecule has 1 rings (SSSR count). The molecule has 1 aromatic rings. The summed E-state index contributed by atoms with van der Waals surface area (Å²) in [6.07, 6.45) is 0.758. The van der Waals surface area contributed by atoms with Crippen molar-refractivity contribution in [1.82, 2.24) is 4.90 Å². The lowest BCUT2D eigenvalue weighted by atomic mass is 10.1. The molecular formula is C13H18Cl2N2O3S. The number of halogens is 2. The molecular weight excluding hydrogens is 335 g/mol. The highest BCUT2D eigenvalue weighted by atomic mass is 35.5. The van der Waals surface area contributed by atoms with E-state index in [2.05, 4.69) is 0 Å². The minimum Gasteiger partial charge on any atom is -0.336 e. The van der Waals surface area contributed by atoms with Gasteiger partial charge in [0.05, 0.1) is 15.6 Å². The molecule has 0 atom stereocenters. The highest BCUT2D eigenvalue weighted by molar-refractivity contribution is 7.89. The molecule has 0 saturated heterocycles. The molecule has 0 aliphatic heterocycles. The summed E-state index contributed by atoms with van der Waals surface area (Å²) < 4.78 is 23.0. The summed E-state index contributed by atoms with van der Waals surface area (Å²) >= 11 is 12.1. The van der Waals surface area contributed by atoms with E-state index in [1.54, 1.807) is 4.90 Å². The number of nitrogens with two attached hydrogens (primary N) is 1. The van der Waals surface area contributed by atoms with Crippen LogP contribution in [0.5, 0.6) is 0 Å². The number of hydrogen-bond acceptors (Lipinski definition) is 3. The van der Waals surface area contributed by atoms with Crippen LogP contribution in [0.1, 0.15) is 37.6 Å². The first-order valence-corrected chi connectivity index (χ1v) is 8.73. The van der Waals surface area contributed by atoms with Gasteiger partial charge in [0.1, 0.15) is 4.90 Å². The summed E-state index contributed by atoms with van der Waals surface area (Å²) in [4.78, 5) is 13.9. The van der Waals surface area contributed by atoms with Crippen LogP contribution in [-0.2, 0) is 10.0 Å². The van der Waals surface area contributed by atoms with Crippen LogP contribution in [0, 0.1) is 0 Å². The third-order valence-electron chi connectivity index (χ3n) is 2.92. The van der Waals surface area contributed by atoms with Crippen molar-refractivity contribution in [2.45, 2.75) is 38.1 Å². The minimum absolute atomic E-state index is 0.0352. The first-order chi connectivity index (χ1) is 9.61. The van der Waals surface area contributed by atoms with Crippen molar-refractivity contribution in [3.8, 4) is 0 Å². The largest absolute Gasteiger partial charge is 0.336 e. The summed E-state index contributed by atoms with van der Waals surface area (Å²) in [6, 6.07) is 2.43. The molecule has 0 heterocycles. The molecule has 1 aromatic carbocycles. The zero-order valence-corrected chi connectivity index (χ0v) is 14.4. The Labute approximate surface area is 135 Å². The molecule has 0 aromatic heterocycles. The van der Waals surface area contributed by atoms with Crippen molar-refractivity contribution in [2.24, 2.45) is 5.14 Å². The number of hydrogen-bond donors (Lipinski definition) is 1. The fraction of sp³-hybridized carbons (Fsp3) is 0.462. The maximum atomic E-state index is 12.6. The van der Waals surface area contributed by atoms with Gasteiger partial charge in [0.15, 0.2) is 0 Å². The van der Waals surface area contributed by atoms with Crippen molar-refractivity contribution in [1.29, 1.82) is 0 Å². The smallest absolute Gasteiger partial charge is 0.257 e. The van der Waals surface area contributed by atoms with Crippen molar-refractivity contribution < 1.29 is 13.2 Å². The predicted octanol–water partition coefficient (Wildman–Crippen LogP) is 2.90. The highest BCUT2D eigenvalue weighted by Gasteiger charge is 2.27. The first kappa shape index (κ1) is 18.2. The maximum Gasteiger partial charge on any atom is 0.257 e. The summed E-state index contributed by atoms with van der Waals surface area (Å²) in [5.41, 5.74) is -0.0352. The van der Waals surface area contributed by atoms with Crippen LogP contribution in [0.4, 0.5) is 0 Å². The van der Waals surface area contributed by atoms with E-state index in [4.69, 9.17) is 28.3 Å². The number of sulfonamides is 1. The van der Waals surface area contributed by atoms with Gasteiger partial charge in [-0.3, -0.25) is 4.79 Å². The van der Waals surface area contributed by atoms with E-state index >= 15 is 0 Å². The monoisotopic (exact) mass is 352 g/mol. The lowest BCUT2D eigenvalue weighted by Crippen LogP contribution is -2.38. The minimum atomic E-state index is -4.03. The van der Waals surface area contributed by atoms with Crippen molar-refractivity contribution in [2.75, 3.05) is 6.54 Å². The van der Waals surface area contributed by atoms with E-state index in [-0.39, 0.29) is 26.5 Å². The molecule has 118 valence electrons.